The maximum atomic E-state index is 12.5. The van der Waals surface area contributed by atoms with Crippen LogP contribution in [0.4, 0.5) is 5.69 Å². The fraction of sp³-hybridized carbons (Fsp3) is 0.529. The summed E-state index contributed by atoms with van der Waals surface area (Å²) in [5.74, 6) is 0.0710. The number of amides is 2. The van der Waals surface area contributed by atoms with E-state index >= 15 is 0 Å². The zero-order valence-corrected chi connectivity index (χ0v) is 15.2. The van der Waals surface area contributed by atoms with E-state index in [0.717, 1.165) is 25.9 Å². The van der Waals surface area contributed by atoms with Gasteiger partial charge in [-0.25, -0.2) is 0 Å². The number of carbonyl (C=O) groups is 2. The van der Waals surface area contributed by atoms with Gasteiger partial charge in [0, 0.05) is 50.4 Å². The predicted octanol–water partition coefficient (Wildman–Crippen LogP) is 1.30. The van der Waals surface area contributed by atoms with Crippen LogP contribution in [0.2, 0.25) is 0 Å². The van der Waals surface area contributed by atoms with Crippen molar-refractivity contribution in [2.24, 2.45) is 5.92 Å². The van der Waals surface area contributed by atoms with Gasteiger partial charge in [0.25, 0.3) is 11.6 Å². The summed E-state index contributed by atoms with van der Waals surface area (Å²) in [5, 5.41) is 13.9. The smallest absolute Gasteiger partial charge is 0.269 e. The number of nitrogens with zero attached hydrogens (tertiary/aromatic N) is 3. The Bertz CT molecular complexity index is 653. The molecule has 0 aromatic heterocycles. The number of nitro benzene ring substituents is 1. The van der Waals surface area contributed by atoms with Crippen molar-refractivity contribution in [3.8, 4) is 0 Å². The van der Waals surface area contributed by atoms with Gasteiger partial charge in [0.05, 0.1) is 10.8 Å². The quantitative estimate of drug-likeness (QED) is 0.628. The molecule has 0 bridgehead atoms. The van der Waals surface area contributed by atoms with Crippen molar-refractivity contribution >= 4 is 29.9 Å². The van der Waals surface area contributed by atoms with Crippen molar-refractivity contribution in [3.05, 3.63) is 39.9 Å². The van der Waals surface area contributed by atoms with Crippen molar-refractivity contribution in [1.82, 2.24) is 15.1 Å². The molecule has 9 heteroatoms. The van der Waals surface area contributed by atoms with E-state index in [2.05, 4.69) is 5.32 Å². The Morgan fingerprint density at radius 2 is 1.69 bits per heavy atom. The van der Waals surface area contributed by atoms with Gasteiger partial charge >= 0.3 is 0 Å². The number of halogens is 1. The molecule has 0 radical (unpaired) electrons. The van der Waals surface area contributed by atoms with Crippen molar-refractivity contribution in [2.75, 3.05) is 39.3 Å². The van der Waals surface area contributed by atoms with E-state index in [1.165, 1.54) is 24.3 Å². The molecule has 1 aromatic rings. The van der Waals surface area contributed by atoms with Crippen LogP contribution in [0, 0.1) is 16.0 Å². The maximum absolute atomic E-state index is 12.5. The van der Waals surface area contributed by atoms with Gasteiger partial charge in [-0.3, -0.25) is 19.7 Å². The first-order valence-electron chi connectivity index (χ1n) is 8.59. The number of piperazine rings is 1. The third kappa shape index (κ3) is 4.50. The summed E-state index contributed by atoms with van der Waals surface area (Å²) in [6.45, 7) is 3.76. The molecule has 26 heavy (non-hydrogen) atoms. The monoisotopic (exact) mass is 382 g/mol. The predicted molar refractivity (Wildman–Crippen MR) is 98.4 cm³/mol. The highest BCUT2D eigenvalue weighted by molar-refractivity contribution is 5.94. The highest BCUT2D eigenvalue weighted by Crippen LogP contribution is 2.17. The summed E-state index contributed by atoms with van der Waals surface area (Å²) in [6.07, 6.45) is 1.95. The first-order valence-corrected chi connectivity index (χ1v) is 8.59. The average molecular weight is 383 g/mol. The van der Waals surface area contributed by atoms with Gasteiger partial charge in [-0.15, -0.1) is 12.4 Å². The normalized spacial score (nSPS) is 20.2. The molecule has 2 heterocycles. The van der Waals surface area contributed by atoms with Gasteiger partial charge in [-0.1, -0.05) is 0 Å². The van der Waals surface area contributed by atoms with E-state index in [4.69, 9.17) is 0 Å². The number of benzene rings is 1. The van der Waals surface area contributed by atoms with Crippen molar-refractivity contribution in [2.45, 2.75) is 12.8 Å². The molecule has 2 fully saturated rings. The molecular formula is C17H23ClN4O4. The lowest BCUT2D eigenvalue weighted by atomic mass is 9.98. The lowest BCUT2D eigenvalue weighted by Gasteiger charge is -2.37. The fourth-order valence-corrected chi connectivity index (χ4v) is 3.36. The Morgan fingerprint density at radius 3 is 2.23 bits per heavy atom. The highest BCUT2D eigenvalue weighted by Gasteiger charge is 2.30. The zero-order chi connectivity index (χ0) is 17.8. The summed E-state index contributed by atoms with van der Waals surface area (Å²) in [5.41, 5.74) is 0.398. The second kappa shape index (κ2) is 8.95. The van der Waals surface area contributed by atoms with Gasteiger partial charge in [0.2, 0.25) is 5.91 Å². The minimum absolute atomic E-state index is 0. The van der Waals surface area contributed by atoms with Crippen LogP contribution in [-0.2, 0) is 4.79 Å². The van der Waals surface area contributed by atoms with Crippen LogP contribution in [0.3, 0.4) is 0 Å². The van der Waals surface area contributed by atoms with Crippen molar-refractivity contribution in [1.29, 1.82) is 0 Å². The topological polar surface area (TPSA) is 95.8 Å². The van der Waals surface area contributed by atoms with Gasteiger partial charge in [-0.05, 0) is 31.5 Å². The number of nitrogens with one attached hydrogen (secondary N) is 1. The molecule has 1 atom stereocenters. The molecule has 1 unspecified atom stereocenters. The van der Waals surface area contributed by atoms with E-state index in [1.807, 2.05) is 4.90 Å². The standard InChI is InChI=1S/C17H22N4O4.ClH/c22-16(13-3-5-15(6-4-13)21(24)25)19-8-10-20(11-9-19)17(23)14-2-1-7-18-12-14;/h3-6,14,18H,1-2,7-12H2;1H. The molecule has 1 aromatic carbocycles. The molecule has 2 saturated heterocycles. The summed E-state index contributed by atoms with van der Waals surface area (Å²) >= 11 is 0. The fourth-order valence-electron chi connectivity index (χ4n) is 3.36. The van der Waals surface area contributed by atoms with Crippen LogP contribution in [-0.4, -0.2) is 65.8 Å². The van der Waals surface area contributed by atoms with Gasteiger partial charge in [0.1, 0.15) is 0 Å². The lowest BCUT2D eigenvalue weighted by molar-refractivity contribution is -0.384. The minimum atomic E-state index is -0.487. The Morgan fingerprint density at radius 1 is 1.08 bits per heavy atom. The van der Waals surface area contributed by atoms with Gasteiger partial charge < -0.3 is 15.1 Å². The third-order valence-electron chi connectivity index (χ3n) is 4.85. The number of piperidine rings is 1. The number of rotatable bonds is 3. The zero-order valence-electron chi connectivity index (χ0n) is 14.4. The highest BCUT2D eigenvalue weighted by atomic mass is 35.5. The van der Waals surface area contributed by atoms with Gasteiger partial charge in [-0.2, -0.15) is 0 Å². The number of hydrogen-bond donors (Lipinski definition) is 1. The molecule has 8 nitrogen and oxygen atoms in total. The first kappa shape index (κ1) is 20.1. The van der Waals surface area contributed by atoms with E-state index in [1.54, 1.807) is 4.90 Å². The summed E-state index contributed by atoms with van der Waals surface area (Å²) in [4.78, 5) is 38.8. The van der Waals surface area contributed by atoms with E-state index in [9.17, 15) is 19.7 Å². The van der Waals surface area contributed by atoms with Crippen LogP contribution in [0.5, 0.6) is 0 Å². The molecule has 0 aliphatic carbocycles. The maximum Gasteiger partial charge on any atom is 0.269 e. The van der Waals surface area contributed by atoms with Crippen LogP contribution < -0.4 is 5.32 Å². The molecule has 0 spiro atoms. The number of hydrogen-bond acceptors (Lipinski definition) is 5. The Balaban J connectivity index is 0.00000243. The van der Waals surface area contributed by atoms with E-state index in [-0.39, 0.29) is 35.8 Å². The van der Waals surface area contributed by atoms with Crippen LogP contribution in [0.25, 0.3) is 0 Å². The van der Waals surface area contributed by atoms with Crippen LogP contribution >= 0.6 is 12.4 Å². The van der Waals surface area contributed by atoms with E-state index < -0.39 is 4.92 Å². The number of nitro groups is 1. The summed E-state index contributed by atoms with van der Waals surface area (Å²) in [7, 11) is 0. The lowest BCUT2D eigenvalue weighted by Crippen LogP contribution is -2.53. The van der Waals surface area contributed by atoms with Crippen LogP contribution in [0.15, 0.2) is 24.3 Å². The van der Waals surface area contributed by atoms with Crippen molar-refractivity contribution in [3.63, 3.8) is 0 Å². The molecule has 0 saturated carbocycles. The Hall–Kier alpha value is -2.19. The van der Waals surface area contributed by atoms with E-state index in [0.29, 0.717) is 31.7 Å². The Labute approximate surface area is 158 Å². The average Bonchev–Trinajstić information content (AvgIpc) is 2.67. The second-order valence-corrected chi connectivity index (χ2v) is 6.46. The molecule has 2 aliphatic heterocycles. The number of carbonyl (C=O) groups excluding carboxylic acids is 2. The molecule has 2 aliphatic rings. The van der Waals surface area contributed by atoms with Crippen LogP contribution in [0.1, 0.15) is 23.2 Å². The first-order chi connectivity index (χ1) is 12.1. The van der Waals surface area contributed by atoms with Crippen molar-refractivity contribution < 1.29 is 14.5 Å². The molecule has 1 N–H and O–H groups in total. The summed E-state index contributed by atoms with van der Waals surface area (Å²) in [6, 6.07) is 5.63. The second-order valence-electron chi connectivity index (χ2n) is 6.46. The van der Waals surface area contributed by atoms with Gasteiger partial charge in [0.15, 0.2) is 0 Å². The number of non-ortho nitro benzene ring substituents is 1. The third-order valence-corrected chi connectivity index (χ3v) is 4.85. The minimum Gasteiger partial charge on any atom is -0.339 e. The Kier molecular flexibility index (Phi) is 6.93. The molecular weight excluding hydrogens is 360 g/mol. The molecule has 142 valence electrons. The SMILES string of the molecule is Cl.O=C(c1ccc([N+](=O)[O-])cc1)N1CCN(C(=O)C2CCCNC2)CC1. The molecule has 3 rings (SSSR count). The molecule has 2 amide bonds. The summed E-state index contributed by atoms with van der Waals surface area (Å²) < 4.78 is 0. The largest absolute Gasteiger partial charge is 0.339 e.